The van der Waals surface area contributed by atoms with Crippen molar-refractivity contribution in [3.05, 3.63) is 220 Å². The maximum Gasteiger partial charge on any atom is 0.166 e. The minimum absolute atomic E-state index is 0.220. The molecule has 12 rings (SSSR count). The van der Waals surface area contributed by atoms with E-state index in [0.29, 0.717) is 50.9 Å². The summed E-state index contributed by atoms with van der Waals surface area (Å²) in [5.74, 6) is 1.43. The van der Waals surface area contributed by atoms with Crippen molar-refractivity contribution >= 4 is 43.6 Å². The zero-order chi connectivity index (χ0) is 62.4. The molecule has 0 atom stereocenters. The number of nitrogens with zero attached hydrogens (tertiary/aromatic N) is 10. The van der Waals surface area contributed by atoms with Crippen LogP contribution in [-0.2, 0) is 21.7 Å². The summed E-state index contributed by atoms with van der Waals surface area (Å²) in [7, 11) is 0. The molecule has 426 valence electrons. The maximum absolute atomic E-state index is 10.3. The van der Waals surface area contributed by atoms with Crippen LogP contribution in [0, 0.1) is 56.7 Å². The van der Waals surface area contributed by atoms with Gasteiger partial charge >= 0.3 is 0 Å². The predicted molar refractivity (Wildman–Crippen MR) is 354 cm³/mol. The van der Waals surface area contributed by atoms with Gasteiger partial charge < -0.3 is 9.13 Å². The Kier molecular flexibility index (Phi) is 13.9. The fourth-order valence-corrected chi connectivity index (χ4v) is 11.8. The Morgan fingerprint density at radius 1 is 0.273 bits per heavy atom. The van der Waals surface area contributed by atoms with E-state index in [0.717, 1.165) is 111 Å². The van der Waals surface area contributed by atoms with Gasteiger partial charge in [-0.2, -0.15) is 26.3 Å². The average Bonchev–Trinajstić information content (AvgIpc) is 2.04. The molecule has 0 amide bonds. The van der Waals surface area contributed by atoms with Gasteiger partial charge in [0.15, 0.2) is 17.5 Å². The van der Waals surface area contributed by atoms with Gasteiger partial charge in [-0.3, -0.25) is 0 Å². The number of fused-ring (bicyclic) bond motifs is 6. The first-order chi connectivity index (χ1) is 41.8. The van der Waals surface area contributed by atoms with Crippen LogP contribution in [0.4, 0.5) is 0 Å². The van der Waals surface area contributed by atoms with Crippen LogP contribution in [-0.4, -0.2) is 24.1 Å². The minimum atomic E-state index is -0.220. The molecule has 3 heterocycles. The molecule has 10 nitrogen and oxygen atoms in total. The molecular weight excluding hydrogens is 1080 g/mol. The maximum atomic E-state index is 10.3. The Hall–Kier alpha value is -11.0. The Balaban J connectivity index is 1.24. The predicted octanol–water partition coefficient (Wildman–Crippen LogP) is 18.9. The van der Waals surface area contributed by atoms with Crippen molar-refractivity contribution in [1.29, 1.82) is 26.3 Å². The second kappa shape index (κ2) is 21.2. The van der Waals surface area contributed by atoms with Gasteiger partial charge in [0, 0.05) is 43.8 Å². The first-order valence-corrected chi connectivity index (χ1v) is 29.5. The van der Waals surface area contributed by atoms with Crippen LogP contribution >= 0.6 is 0 Å². The van der Waals surface area contributed by atoms with Crippen molar-refractivity contribution in [3.8, 4) is 98.1 Å². The summed E-state index contributed by atoms with van der Waals surface area (Å²) in [6, 6.07) is 68.2. The molecule has 0 fully saturated rings. The lowest BCUT2D eigenvalue weighted by Gasteiger charge is -2.26. The first-order valence-electron chi connectivity index (χ1n) is 29.5. The van der Waals surface area contributed by atoms with Crippen molar-refractivity contribution in [2.45, 2.75) is 105 Å². The zero-order valence-electron chi connectivity index (χ0n) is 51.6. The number of aromatic nitrogens is 5. The summed E-state index contributed by atoms with van der Waals surface area (Å²) < 4.78 is 4.39. The monoisotopic (exact) mass is 1140 g/mol. The van der Waals surface area contributed by atoms with Gasteiger partial charge in [-0.25, -0.2) is 15.0 Å². The summed E-state index contributed by atoms with van der Waals surface area (Å²) in [6.07, 6.45) is 0. The highest BCUT2D eigenvalue weighted by Crippen LogP contribution is 2.44. The Morgan fingerprint density at radius 2 is 0.568 bits per heavy atom. The SMILES string of the molecule is CC(C)(C)c1cc(-c2nc(-c3cc(C(C)(C)C)cc(C(C)(C)C)c3)nc(-c3cc(-c4cc(-c5ccc(C#N)cc5)ccc4-n4c5ccc(C#N)cc5c5cc(C#N)ccc54)ccc3-n3c4ccc(C#N)cc4c4cc(C#N)ccc43)n2)cc(C(C)(C)C)c1. The second-order valence-corrected chi connectivity index (χ2v) is 27.1. The van der Waals surface area contributed by atoms with Crippen LogP contribution in [0.15, 0.2) is 170 Å². The van der Waals surface area contributed by atoms with Crippen molar-refractivity contribution in [2.75, 3.05) is 0 Å². The molecule has 0 unspecified atom stereocenters. The summed E-state index contributed by atoms with van der Waals surface area (Å²) >= 11 is 0. The van der Waals surface area contributed by atoms with Crippen molar-refractivity contribution < 1.29 is 0 Å². The molecule has 0 N–H and O–H groups in total. The molecule has 12 aromatic rings. The molecule has 0 aliphatic rings. The van der Waals surface area contributed by atoms with Crippen LogP contribution in [0.2, 0.25) is 0 Å². The van der Waals surface area contributed by atoms with E-state index in [-0.39, 0.29) is 21.7 Å². The smallest absolute Gasteiger partial charge is 0.166 e. The average molecular weight is 1140 g/mol. The second-order valence-electron chi connectivity index (χ2n) is 27.1. The molecule has 0 saturated carbocycles. The van der Waals surface area contributed by atoms with E-state index < -0.39 is 0 Å². The Bertz CT molecular complexity index is 4820. The van der Waals surface area contributed by atoms with Crippen LogP contribution in [0.5, 0.6) is 0 Å². The van der Waals surface area contributed by atoms with Crippen molar-refractivity contribution in [1.82, 2.24) is 24.1 Å². The normalized spacial score (nSPS) is 12.0. The summed E-state index contributed by atoms with van der Waals surface area (Å²) in [4.78, 5) is 16.9. The first kappa shape index (κ1) is 57.5. The third-order valence-corrected chi connectivity index (χ3v) is 16.9. The lowest BCUT2D eigenvalue weighted by Crippen LogP contribution is -2.17. The topological polar surface area (TPSA) is 167 Å². The number of benzene rings is 9. The molecule has 0 aliphatic heterocycles. The highest BCUT2D eigenvalue weighted by atomic mass is 15.1. The van der Waals surface area contributed by atoms with E-state index >= 15 is 0 Å². The molecule has 0 aliphatic carbocycles. The van der Waals surface area contributed by atoms with Gasteiger partial charge in [-0.1, -0.05) is 119 Å². The van der Waals surface area contributed by atoms with Crippen molar-refractivity contribution in [2.24, 2.45) is 0 Å². The van der Waals surface area contributed by atoms with Gasteiger partial charge in [0.25, 0.3) is 0 Å². The molecule has 10 heteroatoms. The largest absolute Gasteiger partial charge is 0.309 e. The molecule has 3 aromatic heterocycles. The fraction of sp³-hybridized carbons (Fsp3) is 0.205. The van der Waals surface area contributed by atoms with Gasteiger partial charge in [-0.15, -0.1) is 0 Å². The summed E-state index contributed by atoms with van der Waals surface area (Å²) in [5.41, 5.74) is 17.0. The molecule has 0 spiro atoms. The van der Waals surface area contributed by atoms with Crippen LogP contribution in [0.1, 0.15) is 133 Å². The third-order valence-electron chi connectivity index (χ3n) is 16.9. The Labute approximate surface area is 514 Å². The van der Waals surface area contributed by atoms with E-state index in [1.807, 2.05) is 97.1 Å². The van der Waals surface area contributed by atoms with Crippen LogP contribution in [0.3, 0.4) is 0 Å². The minimum Gasteiger partial charge on any atom is -0.309 e. The highest BCUT2D eigenvalue weighted by molar-refractivity contribution is 6.12. The fourth-order valence-electron chi connectivity index (χ4n) is 11.8. The molecule has 0 saturated heterocycles. The molecule has 9 aromatic carbocycles. The van der Waals surface area contributed by atoms with Crippen LogP contribution < -0.4 is 0 Å². The van der Waals surface area contributed by atoms with E-state index in [9.17, 15) is 26.3 Å². The lowest BCUT2D eigenvalue weighted by molar-refractivity contribution is 0.568. The van der Waals surface area contributed by atoms with Gasteiger partial charge in [0.1, 0.15) is 0 Å². The summed E-state index contributed by atoms with van der Waals surface area (Å²) in [6.45, 7) is 26.8. The van der Waals surface area contributed by atoms with E-state index in [4.69, 9.17) is 15.0 Å². The highest BCUT2D eigenvalue weighted by Gasteiger charge is 2.28. The molecule has 0 bridgehead atoms. The van der Waals surface area contributed by atoms with Gasteiger partial charge in [-0.05, 0) is 194 Å². The van der Waals surface area contributed by atoms with E-state index in [1.54, 1.807) is 0 Å². The lowest BCUT2D eigenvalue weighted by atomic mass is 9.79. The molecular formula is C78H64N10. The summed E-state index contributed by atoms with van der Waals surface area (Å²) in [5, 5.41) is 54.2. The van der Waals surface area contributed by atoms with E-state index in [2.05, 4.69) is 195 Å². The third kappa shape index (κ3) is 10.4. The van der Waals surface area contributed by atoms with Gasteiger partial charge in [0.2, 0.25) is 0 Å². The van der Waals surface area contributed by atoms with Crippen molar-refractivity contribution in [3.63, 3.8) is 0 Å². The number of nitriles is 5. The molecule has 0 radical (unpaired) electrons. The quantitative estimate of drug-likeness (QED) is 0.152. The molecule has 88 heavy (non-hydrogen) atoms. The zero-order valence-corrected chi connectivity index (χ0v) is 51.6. The number of hydrogen-bond donors (Lipinski definition) is 0. The number of rotatable bonds is 7. The Morgan fingerprint density at radius 3 is 0.909 bits per heavy atom. The van der Waals surface area contributed by atoms with Crippen LogP contribution in [0.25, 0.3) is 111 Å². The standard InChI is InChI=1S/C78H64N10/c1-75(2,3)56-33-54(34-57(39-56)76(4,5)6)72-84-73(55-35-58(77(7,8)9)40-59(36-55)78(10,11)12)86-74(85-72)65-38-53(22-28-71(65)88-69-25-17-49(44-82)31-63(69)64-32-50(45-83)18-26-70(64)88)60-37-52(51-19-13-46(41-79)14-20-51)21-27-66(60)87-67-23-15-47(42-80)29-61(67)62-30-48(43-81)16-24-68(62)87/h13-40H,1-12H3. The van der Waals surface area contributed by atoms with E-state index in [1.165, 1.54) is 0 Å². The number of hydrogen-bond acceptors (Lipinski definition) is 8. The van der Waals surface area contributed by atoms with Gasteiger partial charge in [0.05, 0.1) is 91.6 Å².